The Morgan fingerprint density at radius 3 is 2.11 bits per heavy atom. The lowest BCUT2D eigenvalue weighted by molar-refractivity contribution is -0.127. The summed E-state index contributed by atoms with van der Waals surface area (Å²) >= 11 is 5.96. The highest BCUT2D eigenvalue weighted by atomic mass is 35.5. The minimum Gasteiger partial charge on any atom is -0.481 e. The molecule has 1 amide bonds. The zero-order valence-corrected chi connectivity index (χ0v) is 16.6. The molecule has 1 atom stereocenters. The maximum absolute atomic E-state index is 12.4. The van der Waals surface area contributed by atoms with Gasteiger partial charge < -0.3 is 10.1 Å². The van der Waals surface area contributed by atoms with Crippen molar-refractivity contribution in [1.29, 1.82) is 0 Å². The Kier molecular flexibility index (Phi) is 7.10. The van der Waals surface area contributed by atoms with Gasteiger partial charge in [-0.25, -0.2) is 0 Å². The van der Waals surface area contributed by atoms with Crippen molar-refractivity contribution in [3.05, 3.63) is 101 Å². The summed E-state index contributed by atoms with van der Waals surface area (Å²) in [6.45, 7) is 2.30. The van der Waals surface area contributed by atoms with Gasteiger partial charge in [0.25, 0.3) is 5.91 Å². The van der Waals surface area contributed by atoms with Crippen LogP contribution in [-0.2, 0) is 4.79 Å². The number of carbonyl (C=O) groups excluding carboxylic acids is 1. The van der Waals surface area contributed by atoms with Crippen molar-refractivity contribution in [3.63, 3.8) is 0 Å². The lowest BCUT2D eigenvalue weighted by Crippen LogP contribution is -2.37. The highest BCUT2D eigenvalue weighted by Crippen LogP contribution is 2.27. The van der Waals surface area contributed by atoms with E-state index in [0.29, 0.717) is 17.3 Å². The maximum Gasteiger partial charge on any atom is 0.260 e. The molecule has 3 nitrogen and oxygen atoms in total. The quantitative estimate of drug-likeness (QED) is 0.553. The molecule has 0 aliphatic carbocycles. The van der Waals surface area contributed by atoms with Gasteiger partial charge in [-0.1, -0.05) is 78.3 Å². The zero-order valence-electron chi connectivity index (χ0n) is 15.8. The van der Waals surface area contributed by atoms with Crippen LogP contribution < -0.4 is 10.1 Å². The van der Waals surface area contributed by atoms with E-state index < -0.39 is 6.10 Å². The summed E-state index contributed by atoms with van der Waals surface area (Å²) in [7, 11) is 0. The number of hydrogen-bond acceptors (Lipinski definition) is 2. The van der Waals surface area contributed by atoms with Gasteiger partial charge in [0.05, 0.1) is 0 Å². The average Bonchev–Trinajstić information content (AvgIpc) is 2.72. The van der Waals surface area contributed by atoms with E-state index >= 15 is 0 Å². The predicted octanol–water partition coefficient (Wildman–Crippen LogP) is 5.45. The van der Waals surface area contributed by atoms with Crippen LogP contribution in [0.25, 0.3) is 0 Å². The molecule has 0 aliphatic heterocycles. The molecule has 0 spiro atoms. The smallest absolute Gasteiger partial charge is 0.260 e. The molecular formula is C24H24ClNO2. The van der Waals surface area contributed by atoms with Gasteiger partial charge in [0, 0.05) is 17.5 Å². The standard InChI is InChI=1S/C24H24ClNO2/c1-18(28-22-14-8-13-21(25)17-22)24(27)26-16-15-23(19-9-4-2-5-10-19)20-11-6-3-7-12-20/h2-14,17-18,23H,15-16H2,1H3,(H,26,27). The molecule has 28 heavy (non-hydrogen) atoms. The first kappa shape index (κ1) is 20.0. The maximum atomic E-state index is 12.4. The Bertz CT molecular complexity index is 844. The zero-order chi connectivity index (χ0) is 19.8. The van der Waals surface area contributed by atoms with E-state index in [0.717, 1.165) is 6.42 Å². The van der Waals surface area contributed by atoms with Gasteiger partial charge in [-0.05, 0) is 42.7 Å². The summed E-state index contributed by atoms with van der Waals surface area (Å²) in [6, 6.07) is 27.8. The first-order valence-corrected chi connectivity index (χ1v) is 9.81. The summed E-state index contributed by atoms with van der Waals surface area (Å²) in [5.74, 6) is 0.674. The van der Waals surface area contributed by atoms with Crippen molar-refractivity contribution in [2.24, 2.45) is 0 Å². The van der Waals surface area contributed by atoms with Crippen LogP contribution in [-0.4, -0.2) is 18.6 Å². The molecule has 0 heterocycles. The average molecular weight is 394 g/mol. The molecule has 144 valence electrons. The number of amides is 1. The summed E-state index contributed by atoms with van der Waals surface area (Å²) in [5.41, 5.74) is 2.48. The van der Waals surface area contributed by atoms with Crippen molar-refractivity contribution in [2.75, 3.05) is 6.54 Å². The summed E-state index contributed by atoms with van der Waals surface area (Å²) < 4.78 is 5.69. The van der Waals surface area contributed by atoms with Gasteiger partial charge in [-0.15, -0.1) is 0 Å². The fourth-order valence-corrected chi connectivity index (χ4v) is 3.36. The second-order valence-electron chi connectivity index (χ2n) is 6.67. The first-order chi connectivity index (χ1) is 13.6. The molecule has 1 unspecified atom stereocenters. The van der Waals surface area contributed by atoms with Crippen LogP contribution in [0.2, 0.25) is 5.02 Å². The number of halogens is 1. The van der Waals surface area contributed by atoms with Gasteiger partial charge >= 0.3 is 0 Å². The number of nitrogens with one attached hydrogen (secondary N) is 1. The van der Waals surface area contributed by atoms with Gasteiger partial charge in [-0.3, -0.25) is 4.79 Å². The normalized spacial score (nSPS) is 11.8. The van der Waals surface area contributed by atoms with Gasteiger partial charge in [0.1, 0.15) is 5.75 Å². The first-order valence-electron chi connectivity index (χ1n) is 9.43. The van der Waals surface area contributed by atoms with Crippen LogP contribution in [0.15, 0.2) is 84.9 Å². The van der Waals surface area contributed by atoms with E-state index in [1.807, 2.05) is 36.4 Å². The molecule has 3 rings (SSSR count). The van der Waals surface area contributed by atoms with Gasteiger partial charge in [0.15, 0.2) is 6.10 Å². The van der Waals surface area contributed by atoms with Crippen LogP contribution in [0.1, 0.15) is 30.4 Å². The fraction of sp³-hybridized carbons (Fsp3) is 0.208. The van der Waals surface area contributed by atoms with E-state index in [-0.39, 0.29) is 11.8 Å². The second-order valence-corrected chi connectivity index (χ2v) is 7.11. The Morgan fingerprint density at radius 1 is 0.929 bits per heavy atom. The second kappa shape index (κ2) is 9.95. The fourth-order valence-electron chi connectivity index (χ4n) is 3.18. The molecule has 0 aliphatic rings. The molecule has 0 bridgehead atoms. The summed E-state index contributed by atoms with van der Waals surface area (Å²) in [5, 5.41) is 3.57. The topological polar surface area (TPSA) is 38.3 Å². The number of benzene rings is 3. The van der Waals surface area contributed by atoms with Crippen molar-refractivity contribution < 1.29 is 9.53 Å². The minimum absolute atomic E-state index is 0.139. The molecule has 4 heteroatoms. The molecule has 3 aromatic carbocycles. The van der Waals surface area contributed by atoms with E-state index in [9.17, 15) is 4.79 Å². The van der Waals surface area contributed by atoms with Crippen LogP contribution in [0.4, 0.5) is 0 Å². The molecule has 1 N–H and O–H groups in total. The largest absolute Gasteiger partial charge is 0.481 e. The van der Waals surface area contributed by atoms with Gasteiger partial charge in [-0.2, -0.15) is 0 Å². The number of carbonyl (C=O) groups is 1. The third-order valence-electron chi connectivity index (χ3n) is 4.61. The van der Waals surface area contributed by atoms with Gasteiger partial charge in [0.2, 0.25) is 0 Å². The van der Waals surface area contributed by atoms with Crippen molar-refractivity contribution >= 4 is 17.5 Å². The molecule has 0 aromatic heterocycles. The third kappa shape index (κ3) is 5.61. The van der Waals surface area contributed by atoms with Crippen molar-refractivity contribution in [2.45, 2.75) is 25.4 Å². The van der Waals surface area contributed by atoms with E-state index in [4.69, 9.17) is 16.3 Å². The Hall–Kier alpha value is -2.78. The summed E-state index contributed by atoms with van der Waals surface area (Å²) in [4.78, 5) is 12.4. The highest BCUT2D eigenvalue weighted by Gasteiger charge is 2.17. The van der Waals surface area contributed by atoms with E-state index in [2.05, 4.69) is 29.6 Å². The molecule has 0 radical (unpaired) electrons. The molecule has 0 saturated carbocycles. The molecule has 0 saturated heterocycles. The highest BCUT2D eigenvalue weighted by molar-refractivity contribution is 6.30. The van der Waals surface area contributed by atoms with E-state index in [1.54, 1.807) is 31.2 Å². The monoisotopic (exact) mass is 393 g/mol. The van der Waals surface area contributed by atoms with Crippen LogP contribution in [0.3, 0.4) is 0 Å². The number of hydrogen-bond donors (Lipinski definition) is 1. The van der Waals surface area contributed by atoms with Crippen molar-refractivity contribution in [1.82, 2.24) is 5.32 Å². The van der Waals surface area contributed by atoms with Crippen LogP contribution >= 0.6 is 11.6 Å². The molecular weight excluding hydrogens is 370 g/mol. The van der Waals surface area contributed by atoms with Crippen LogP contribution in [0, 0.1) is 0 Å². The number of ether oxygens (including phenoxy) is 1. The minimum atomic E-state index is -0.592. The van der Waals surface area contributed by atoms with Crippen molar-refractivity contribution in [3.8, 4) is 5.75 Å². The lowest BCUT2D eigenvalue weighted by atomic mass is 9.88. The molecule has 3 aromatic rings. The van der Waals surface area contributed by atoms with E-state index in [1.165, 1.54) is 11.1 Å². The SMILES string of the molecule is CC(Oc1cccc(Cl)c1)C(=O)NCCC(c1ccccc1)c1ccccc1. The van der Waals surface area contributed by atoms with Crippen LogP contribution in [0.5, 0.6) is 5.75 Å². The third-order valence-corrected chi connectivity index (χ3v) is 4.85. The number of rotatable bonds is 8. The summed E-state index contributed by atoms with van der Waals surface area (Å²) in [6.07, 6.45) is 0.217. The Labute approximate surface area is 171 Å². The lowest BCUT2D eigenvalue weighted by Gasteiger charge is -2.20. The Morgan fingerprint density at radius 2 is 1.54 bits per heavy atom. The molecule has 0 fully saturated rings. The Balaban J connectivity index is 1.58. The predicted molar refractivity (Wildman–Crippen MR) is 114 cm³/mol.